The maximum Gasteiger partial charge on any atom is 0.253 e. The van der Waals surface area contributed by atoms with Crippen molar-refractivity contribution < 1.29 is 9.47 Å². The lowest BCUT2D eigenvalue weighted by atomic mass is 10.1. The number of anilines is 1. The van der Waals surface area contributed by atoms with Crippen molar-refractivity contribution in [2.45, 2.75) is 45.2 Å². The number of pyridine rings is 1. The minimum atomic E-state index is -0.104. The minimum absolute atomic E-state index is 0.104. The Morgan fingerprint density at radius 1 is 1.16 bits per heavy atom. The molecule has 160 valence electrons. The third-order valence-corrected chi connectivity index (χ3v) is 6.39. The number of hydrogen-bond donors (Lipinski definition) is 2. The number of aromatic amines is 1. The van der Waals surface area contributed by atoms with Gasteiger partial charge in [-0.1, -0.05) is 25.0 Å². The molecular formula is C24H25N3O3S. The number of nitrogens with zero attached hydrogens (tertiary/aromatic N) is 1. The zero-order chi connectivity index (χ0) is 21.4. The van der Waals surface area contributed by atoms with Crippen LogP contribution in [0.1, 0.15) is 36.8 Å². The number of ether oxygens (including phenoxy) is 2. The zero-order valence-corrected chi connectivity index (χ0v) is 18.3. The van der Waals surface area contributed by atoms with Crippen LogP contribution in [0.2, 0.25) is 0 Å². The van der Waals surface area contributed by atoms with Crippen molar-refractivity contribution in [2.75, 3.05) is 12.1 Å². The monoisotopic (exact) mass is 435 g/mol. The average Bonchev–Trinajstić information content (AvgIpc) is 3.42. The molecule has 0 spiro atoms. The molecule has 7 heteroatoms. The third kappa shape index (κ3) is 4.10. The maximum absolute atomic E-state index is 12.9. The standard InChI is InChI=1S/C24H25N3O3S/c1-15-5-4-6-18(9-15)25-24(31)27(19-7-2-3-8-19)13-17-10-16-11-21-22(30-14-29-21)12-20(16)26-23(17)28/h4-6,9-12,19H,2-3,7-8,13-14H2,1H3,(H,25,31)(H,26,28). The predicted octanol–water partition coefficient (Wildman–Crippen LogP) is 4.71. The SMILES string of the molecule is Cc1cccc(NC(=S)N(Cc2cc3cc4c(cc3[nH]c2=O)OCO4)C2CCCC2)c1. The van der Waals surface area contributed by atoms with E-state index in [0.29, 0.717) is 34.8 Å². The van der Waals surface area contributed by atoms with E-state index in [0.717, 1.165) is 29.4 Å². The van der Waals surface area contributed by atoms with E-state index in [1.807, 2.05) is 30.3 Å². The molecule has 2 aliphatic rings. The van der Waals surface area contributed by atoms with E-state index in [1.54, 1.807) is 0 Å². The largest absolute Gasteiger partial charge is 0.454 e. The zero-order valence-electron chi connectivity index (χ0n) is 17.4. The van der Waals surface area contributed by atoms with Crippen LogP contribution in [0.3, 0.4) is 0 Å². The lowest BCUT2D eigenvalue weighted by Gasteiger charge is -2.31. The summed E-state index contributed by atoms with van der Waals surface area (Å²) in [5.41, 5.74) is 3.46. The molecular weight excluding hydrogens is 410 g/mol. The van der Waals surface area contributed by atoms with E-state index >= 15 is 0 Å². The number of thiocarbonyl (C=S) groups is 1. The summed E-state index contributed by atoms with van der Waals surface area (Å²) in [6, 6.07) is 14.2. The Hall–Kier alpha value is -3.06. The smallest absolute Gasteiger partial charge is 0.253 e. The van der Waals surface area contributed by atoms with Crippen molar-refractivity contribution >= 4 is 33.9 Å². The Morgan fingerprint density at radius 2 is 1.94 bits per heavy atom. The molecule has 3 aromatic rings. The molecule has 2 heterocycles. The molecule has 0 saturated heterocycles. The molecule has 31 heavy (non-hydrogen) atoms. The van der Waals surface area contributed by atoms with Crippen LogP contribution in [0.15, 0.2) is 47.3 Å². The van der Waals surface area contributed by atoms with Gasteiger partial charge in [0.15, 0.2) is 16.6 Å². The van der Waals surface area contributed by atoms with Crippen molar-refractivity contribution in [2.24, 2.45) is 0 Å². The topological polar surface area (TPSA) is 66.6 Å². The number of benzene rings is 2. The molecule has 0 radical (unpaired) electrons. The highest BCUT2D eigenvalue weighted by Crippen LogP contribution is 2.35. The third-order valence-electron chi connectivity index (χ3n) is 6.05. The van der Waals surface area contributed by atoms with Gasteiger partial charge in [-0.2, -0.15) is 0 Å². The average molecular weight is 436 g/mol. The molecule has 1 saturated carbocycles. The summed E-state index contributed by atoms with van der Waals surface area (Å²) in [6.45, 7) is 2.72. The number of rotatable bonds is 4. The Morgan fingerprint density at radius 3 is 2.71 bits per heavy atom. The van der Waals surface area contributed by atoms with E-state index in [9.17, 15) is 4.79 Å². The second kappa shape index (κ2) is 8.23. The first-order valence-corrected chi connectivity index (χ1v) is 11.1. The normalized spacial score (nSPS) is 15.4. The highest BCUT2D eigenvalue weighted by Gasteiger charge is 2.26. The molecule has 1 aliphatic carbocycles. The molecule has 6 nitrogen and oxygen atoms in total. The fraction of sp³-hybridized carbons (Fsp3) is 0.333. The van der Waals surface area contributed by atoms with Crippen LogP contribution in [0.25, 0.3) is 10.9 Å². The first-order valence-electron chi connectivity index (χ1n) is 10.7. The van der Waals surface area contributed by atoms with E-state index in [-0.39, 0.29) is 12.4 Å². The van der Waals surface area contributed by atoms with Gasteiger partial charge in [0.2, 0.25) is 6.79 Å². The number of aryl methyl sites for hydroxylation is 1. The molecule has 1 fully saturated rings. The van der Waals surface area contributed by atoms with Crippen LogP contribution in [0, 0.1) is 6.92 Å². The Bertz CT molecular complexity index is 1200. The van der Waals surface area contributed by atoms with Crippen molar-refractivity contribution in [1.82, 2.24) is 9.88 Å². The van der Waals surface area contributed by atoms with Crippen LogP contribution in [0.4, 0.5) is 5.69 Å². The summed E-state index contributed by atoms with van der Waals surface area (Å²) in [5, 5.41) is 4.95. The van der Waals surface area contributed by atoms with E-state index in [2.05, 4.69) is 34.3 Å². The van der Waals surface area contributed by atoms with Crippen molar-refractivity contribution in [3.05, 3.63) is 63.9 Å². The van der Waals surface area contributed by atoms with Crippen LogP contribution >= 0.6 is 12.2 Å². The lowest BCUT2D eigenvalue weighted by Crippen LogP contribution is -2.42. The fourth-order valence-corrected chi connectivity index (χ4v) is 4.77. The van der Waals surface area contributed by atoms with Gasteiger partial charge in [-0.05, 0) is 61.8 Å². The van der Waals surface area contributed by atoms with Crippen LogP contribution in [0.5, 0.6) is 11.5 Å². The summed E-state index contributed by atoms with van der Waals surface area (Å²) in [4.78, 5) is 18.1. The lowest BCUT2D eigenvalue weighted by molar-refractivity contribution is 0.174. The molecule has 1 aliphatic heterocycles. The predicted molar refractivity (Wildman–Crippen MR) is 126 cm³/mol. The van der Waals surface area contributed by atoms with Crippen molar-refractivity contribution in [3.63, 3.8) is 0 Å². The van der Waals surface area contributed by atoms with E-state index in [4.69, 9.17) is 21.7 Å². The maximum atomic E-state index is 12.9. The first kappa shape index (κ1) is 19.9. The van der Waals surface area contributed by atoms with Gasteiger partial charge in [-0.15, -0.1) is 0 Å². The molecule has 0 atom stereocenters. The van der Waals surface area contributed by atoms with Gasteiger partial charge in [0.25, 0.3) is 5.56 Å². The molecule has 0 bridgehead atoms. The summed E-state index contributed by atoms with van der Waals surface area (Å²) in [7, 11) is 0. The highest BCUT2D eigenvalue weighted by atomic mass is 32.1. The summed E-state index contributed by atoms with van der Waals surface area (Å²) >= 11 is 5.81. The minimum Gasteiger partial charge on any atom is -0.454 e. The van der Waals surface area contributed by atoms with Gasteiger partial charge >= 0.3 is 0 Å². The van der Waals surface area contributed by atoms with Gasteiger partial charge in [0.1, 0.15) is 0 Å². The van der Waals surface area contributed by atoms with Crippen molar-refractivity contribution in [1.29, 1.82) is 0 Å². The molecule has 2 N–H and O–H groups in total. The van der Waals surface area contributed by atoms with Crippen molar-refractivity contribution in [3.8, 4) is 11.5 Å². The number of nitrogens with one attached hydrogen (secondary N) is 2. The first-order chi connectivity index (χ1) is 15.1. The Kier molecular flexibility index (Phi) is 5.28. The molecule has 0 unspecified atom stereocenters. The molecule has 5 rings (SSSR count). The summed E-state index contributed by atoms with van der Waals surface area (Å²) in [6.07, 6.45) is 4.54. The Labute approximate surface area is 186 Å². The van der Waals surface area contributed by atoms with Gasteiger partial charge in [0, 0.05) is 28.7 Å². The van der Waals surface area contributed by atoms with Gasteiger partial charge in [0.05, 0.1) is 12.1 Å². The van der Waals surface area contributed by atoms with E-state index < -0.39 is 0 Å². The second-order valence-corrected chi connectivity index (χ2v) is 8.67. The number of H-pyrrole nitrogens is 1. The summed E-state index contributed by atoms with van der Waals surface area (Å²) < 4.78 is 10.9. The number of fused-ring (bicyclic) bond motifs is 2. The van der Waals surface area contributed by atoms with Crippen LogP contribution in [-0.4, -0.2) is 27.8 Å². The molecule has 2 aromatic carbocycles. The number of aromatic nitrogens is 1. The Balaban J connectivity index is 1.45. The highest BCUT2D eigenvalue weighted by molar-refractivity contribution is 7.80. The van der Waals surface area contributed by atoms with Gasteiger partial charge in [-0.25, -0.2) is 0 Å². The van der Waals surface area contributed by atoms with Crippen LogP contribution < -0.4 is 20.3 Å². The quantitative estimate of drug-likeness (QED) is 0.579. The fourth-order valence-electron chi connectivity index (χ4n) is 4.44. The van der Waals surface area contributed by atoms with E-state index in [1.165, 1.54) is 18.4 Å². The van der Waals surface area contributed by atoms with Gasteiger partial charge < -0.3 is 24.7 Å². The van der Waals surface area contributed by atoms with Crippen LogP contribution in [-0.2, 0) is 6.54 Å². The second-order valence-electron chi connectivity index (χ2n) is 8.28. The summed E-state index contributed by atoms with van der Waals surface area (Å²) in [5.74, 6) is 1.36. The molecule has 0 amide bonds. The number of hydrogen-bond acceptors (Lipinski definition) is 4. The van der Waals surface area contributed by atoms with Gasteiger partial charge in [-0.3, -0.25) is 4.79 Å². The molecule has 1 aromatic heterocycles.